The summed E-state index contributed by atoms with van der Waals surface area (Å²) >= 11 is 5.80. The average molecular weight is 311 g/mol. The van der Waals surface area contributed by atoms with E-state index in [0.717, 1.165) is 0 Å². The van der Waals surface area contributed by atoms with Crippen LogP contribution < -0.4 is 10.5 Å². The van der Waals surface area contributed by atoms with Crippen LogP contribution >= 0.6 is 11.6 Å². The monoisotopic (exact) mass is 310 g/mol. The summed E-state index contributed by atoms with van der Waals surface area (Å²) in [6, 6.07) is 8.76. The third kappa shape index (κ3) is 3.48. The van der Waals surface area contributed by atoms with Crippen molar-refractivity contribution in [2.24, 2.45) is 5.73 Å². The van der Waals surface area contributed by atoms with Crippen molar-refractivity contribution < 1.29 is 14.1 Å². The first-order valence-corrected chi connectivity index (χ1v) is 6.43. The average Bonchev–Trinajstić information content (AvgIpc) is 2.48. The van der Waals surface area contributed by atoms with Gasteiger partial charge in [0.05, 0.1) is 9.95 Å². The van der Waals surface area contributed by atoms with E-state index in [-0.39, 0.29) is 29.6 Å². The van der Waals surface area contributed by atoms with Crippen LogP contribution in [0.5, 0.6) is 5.75 Å². The number of rotatable bonds is 5. The summed E-state index contributed by atoms with van der Waals surface area (Å²) in [7, 11) is 0. The van der Waals surface area contributed by atoms with Crippen molar-refractivity contribution in [3.8, 4) is 5.75 Å². The van der Waals surface area contributed by atoms with Gasteiger partial charge in [-0.05, 0) is 17.7 Å². The van der Waals surface area contributed by atoms with Crippen LogP contribution in [-0.4, -0.2) is 4.92 Å². The molecule has 0 bridgehead atoms. The molecule has 110 valence electrons. The second-order valence-corrected chi connectivity index (χ2v) is 4.64. The fourth-order valence-electron chi connectivity index (χ4n) is 1.77. The highest BCUT2D eigenvalue weighted by molar-refractivity contribution is 6.31. The van der Waals surface area contributed by atoms with Gasteiger partial charge in [-0.25, -0.2) is 4.39 Å². The Labute approximate surface area is 125 Å². The largest absolute Gasteiger partial charge is 0.482 e. The zero-order chi connectivity index (χ0) is 15.4. The standard InChI is InChI=1S/C14H12ClFN2O3/c15-14-10(2-1-3-11(14)16)8-21-13-5-4-9(7-17)6-12(13)18(19)20/h1-6H,7-8,17H2. The summed E-state index contributed by atoms with van der Waals surface area (Å²) in [6.45, 7) is 0.121. The Morgan fingerprint density at radius 1 is 1.33 bits per heavy atom. The van der Waals surface area contributed by atoms with Crippen LogP contribution in [0.2, 0.25) is 5.02 Å². The van der Waals surface area contributed by atoms with Gasteiger partial charge in [0.2, 0.25) is 0 Å². The number of halogens is 2. The molecule has 0 fully saturated rings. The molecule has 2 aromatic rings. The highest BCUT2D eigenvalue weighted by Gasteiger charge is 2.16. The molecule has 2 N–H and O–H groups in total. The predicted octanol–water partition coefficient (Wildman–Crippen LogP) is 3.43. The summed E-state index contributed by atoms with van der Waals surface area (Å²) in [4.78, 5) is 10.5. The molecule has 0 aliphatic heterocycles. The van der Waals surface area contributed by atoms with Crippen LogP contribution in [0.1, 0.15) is 11.1 Å². The summed E-state index contributed by atoms with van der Waals surface area (Å²) in [6.07, 6.45) is 0. The van der Waals surface area contributed by atoms with E-state index in [4.69, 9.17) is 22.1 Å². The molecule has 0 heterocycles. The number of nitro groups is 1. The molecule has 0 spiro atoms. The number of ether oxygens (including phenoxy) is 1. The fraction of sp³-hybridized carbons (Fsp3) is 0.143. The molecule has 0 radical (unpaired) electrons. The van der Waals surface area contributed by atoms with E-state index in [9.17, 15) is 14.5 Å². The normalized spacial score (nSPS) is 10.4. The van der Waals surface area contributed by atoms with Crippen molar-refractivity contribution in [2.75, 3.05) is 0 Å². The lowest BCUT2D eigenvalue weighted by atomic mass is 10.2. The highest BCUT2D eigenvalue weighted by atomic mass is 35.5. The Kier molecular flexibility index (Phi) is 4.72. The highest BCUT2D eigenvalue weighted by Crippen LogP contribution is 2.29. The molecule has 0 saturated carbocycles. The van der Waals surface area contributed by atoms with E-state index >= 15 is 0 Å². The minimum atomic E-state index is -0.564. The van der Waals surface area contributed by atoms with Crippen LogP contribution in [-0.2, 0) is 13.2 Å². The van der Waals surface area contributed by atoms with Crippen LogP contribution in [0.4, 0.5) is 10.1 Å². The topological polar surface area (TPSA) is 78.4 Å². The number of benzene rings is 2. The van der Waals surface area contributed by atoms with Gasteiger partial charge in [0.15, 0.2) is 5.75 Å². The van der Waals surface area contributed by atoms with Crippen molar-refractivity contribution in [1.29, 1.82) is 0 Å². The van der Waals surface area contributed by atoms with E-state index in [2.05, 4.69) is 0 Å². The molecule has 21 heavy (non-hydrogen) atoms. The zero-order valence-electron chi connectivity index (χ0n) is 10.9. The van der Waals surface area contributed by atoms with Gasteiger partial charge in [0, 0.05) is 18.2 Å². The Morgan fingerprint density at radius 3 is 2.76 bits per heavy atom. The first-order chi connectivity index (χ1) is 10.0. The van der Waals surface area contributed by atoms with Gasteiger partial charge in [-0.2, -0.15) is 0 Å². The maximum Gasteiger partial charge on any atom is 0.311 e. The Balaban J connectivity index is 2.23. The van der Waals surface area contributed by atoms with Crippen LogP contribution in [0.3, 0.4) is 0 Å². The third-order valence-electron chi connectivity index (χ3n) is 2.87. The lowest BCUT2D eigenvalue weighted by Crippen LogP contribution is -2.02. The van der Waals surface area contributed by atoms with E-state index in [1.165, 1.54) is 24.3 Å². The molecule has 2 aromatic carbocycles. The molecule has 2 rings (SSSR count). The van der Waals surface area contributed by atoms with Crippen LogP contribution in [0.25, 0.3) is 0 Å². The summed E-state index contributed by atoms with van der Waals surface area (Å²) in [5, 5.41) is 11.0. The number of hydrogen-bond acceptors (Lipinski definition) is 4. The molecule has 5 nitrogen and oxygen atoms in total. The van der Waals surface area contributed by atoms with E-state index < -0.39 is 10.7 Å². The first-order valence-electron chi connectivity index (χ1n) is 6.06. The van der Waals surface area contributed by atoms with Gasteiger partial charge in [-0.3, -0.25) is 10.1 Å². The van der Waals surface area contributed by atoms with E-state index in [1.807, 2.05) is 0 Å². The van der Waals surface area contributed by atoms with Crippen molar-refractivity contribution in [1.82, 2.24) is 0 Å². The molecule has 0 amide bonds. The van der Waals surface area contributed by atoms with Crippen LogP contribution in [0.15, 0.2) is 36.4 Å². The molecular formula is C14H12ClFN2O3. The van der Waals surface area contributed by atoms with Crippen LogP contribution in [0, 0.1) is 15.9 Å². The minimum Gasteiger partial charge on any atom is -0.482 e. The Morgan fingerprint density at radius 2 is 2.10 bits per heavy atom. The van der Waals surface area contributed by atoms with Gasteiger partial charge >= 0.3 is 5.69 Å². The summed E-state index contributed by atoms with van der Waals surface area (Å²) in [5.41, 5.74) is 6.29. The van der Waals surface area contributed by atoms with Crippen molar-refractivity contribution in [3.05, 3.63) is 68.5 Å². The molecule has 7 heteroatoms. The van der Waals surface area contributed by atoms with E-state index in [1.54, 1.807) is 12.1 Å². The number of nitrogens with two attached hydrogens (primary N) is 1. The molecule has 0 saturated heterocycles. The molecule has 0 aliphatic carbocycles. The molecule has 0 aromatic heterocycles. The van der Waals surface area contributed by atoms with Gasteiger partial charge in [-0.1, -0.05) is 29.8 Å². The molecule has 0 aliphatic rings. The Bertz CT molecular complexity index is 679. The van der Waals surface area contributed by atoms with Gasteiger partial charge in [-0.15, -0.1) is 0 Å². The fourth-order valence-corrected chi connectivity index (χ4v) is 1.95. The summed E-state index contributed by atoms with van der Waals surface area (Å²) < 4.78 is 18.7. The maximum atomic E-state index is 13.3. The third-order valence-corrected chi connectivity index (χ3v) is 3.29. The molecule has 0 atom stereocenters. The summed E-state index contributed by atoms with van der Waals surface area (Å²) in [5.74, 6) is -0.483. The second kappa shape index (κ2) is 6.51. The number of hydrogen-bond donors (Lipinski definition) is 1. The lowest BCUT2D eigenvalue weighted by molar-refractivity contribution is -0.386. The lowest BCUT2D eigenvalue weighted by Gasteiger charge is -2.09. The zero-order valence-corrected chi connectivity index (χ0v) is 11.6. The number of nitro benzene ring substituents is 1. The van der Waals surface area contributed by atoms with Gasteiger partial charge < -0.3 is 10.5 Å². The first kappa shape index (κ1) is 15.2. The molecular weight excluding hydrogens is 299 g/mol. The van der Waals surface area contributed by atoms with Crippen molar-refractivity contribution in [3.63, 3.8) is 0 Å². The van der Waals surface area contributed by atoms with Crippen molar-refractivity contribution >= 4 is 17.3 Å². The number of nitrogens with zero attached hydrogens (tertiary/aromatic N) is 1. The van der Waals surface area contributed by atoms with Gasteiger partial charge in [0.1, 0.15) is 12.4 Å². The minimum absolute atomic E-state index is 0.0567. The smallest absolute Gasteiger partial charge is 0.311 e. The predicted molar refractivity (Wildman–Crippen MR) is 76.7 cm³/mol. The van der Waals surface area contributed by atoms with Gasteiger partial charge in [0.25, 0.3) is 0 Å². The van der Waals surface area contributed by atoms with E-state index in [0.29, 0.717) is 11.1 Å². The molecule has 0 unspecified atom stereocenters. The van der Waals surface area contributed by atoms with Crippen molar-refractivity contribution in [2.45, 2.75) is 13.2 Å². The maximum absolute atomic E-state index is 13.3. The Hall–Kier alpha value is -2.18. The second-order valence-electron chi connectivity index (χ2n) is 4.26. The SMILES string of the molecule is NCc1ccc(OCc2cccc(F)c2Cl)c([N+](=O)[O-])c1. The quantitative estimate of drug-likeness (QED) is 0.678.